The van der Waals surface area contributed by atoms with Crippen molar-refractivity contribution >= 4 is 15.9 Å². The van der Waals surface area contributed by atoms with Crippen LogP contribution in [0.1, 0.15) is 6.92 Å². The van der Waals surface area contributed by atoms with Gasteiger partial charge in [0.2, 0.25) is 0 Å². The molecular weight excluding hydrogens is 244 g/mol. The van der Waals surface area contributed by atoms with E-state index in [1.54, 1.807) is 37.3 Å². The fourth-order valence-electron chi connectivity index (χ4n) is 1.09. The standard InChI is InChI=1S/C10H15N2O4S/c1-2-16-10(13)8-11-17(14,15)12-9-6-4-3-5-7-9/h3-7,10-11,13H,2,8H2,1H3. The van der Waals surface area contributed by atoms with Gasteiger partial charge < -0.3 is 9.84 Å². The molecule has 1 atom stereocenters. The molecule has 0 aliphatic rings. The number of ether oxygens (including phenoxy) is 1. The Labute approximate surface area is 101 Å². The minimum atomic E-state index is -3.81. The van der Waals surface area contributed by atoms with Crippen molar-refractivity contribution in [3.63, 3.8) is 0 Å². The zero-order chi connectivity index (χ0) is 12.7. The Balaban J connectivity index is 2.47. The van der Waals surface area contributed by atoms with Crippen LogP contribution in [0.5, 0.6) is 0 Å². The van der Waals surface area contributed by atoms with Gasteiger partial charge >= 0.3 is 10.2 Å². The number of aliphatic hydroxyl groups is 1. The monoisotopic (exact) mass is 259 g/mol. The maximum atomic E-state index is 11.5. The lowest BCUT2D eigenvalue weighted by molar-refractivity contribution is -0.0886. The fraction of sp³-hybridized carbons (Fsp3) is 0.400. The summed E-state index contributed by atoms with van der Waals surface area (Å²) in [7, 11) is -3.81. The van der Waals surface area contributed by atoms with E-state index < -0.39 is 16.5 Å². The normalized spacial score (nSPS) is 13.3. The van der Waals surface area contributed by atoms with E-state index >= 15 is 0 Å². The molecule has 6 nitrogen and oxygen atoms in total. The summed E-state index contributed by atoms with van der Waals surface area (Å²) in [4.78, 5) is 0. The molecule has 2 N–H and O–H groups in total. The Morgan fingerprint density at radius 1 is 1.41 bits per heavy atom. The number of nitrogens with one attached hydrogen (secondary N) is 1. The van der Waals surface area contributed by atoms with Crippen molar-refractivity contribution < 1.29 is 18.3 Å². The van der Waals surface area contributed by atoms with Gasteiger partial charge in [-0.05, 0) is 19.1 Å². The molecule has 17 heavy (non-hydrogen) atoms. The van der Waals surface area contributed by atoms with Gasteiger partial charge in [-0.15, -0.1) is 0 Å². The molecule has 1 radical (unpaired) electrons. The number of nitrogens with zero attached hydrogens (tertiary/aromatic N) is 1. The molecule has 0 heterocycles. The Morgan fingerprint density at radius 3 is 2.65 bits per heavy atom. The highest BCUT2D eigenvalue weighted by Gasteiger charge is 2.14. The third kappa shape index (κ3) is 5.64. The Hall–Kier alpha value is -1.15. The first-order chi connectivity index (χ1) is 8.03. The van der Waals surface area contributed by atoms with E-state index in [0.29, 0.717) is 12.3 Å². The van der Waals surface area contributed by atoms with Crippen molar-refractivity contribution in [2.45, 2.75) is 13.2 Å². The molecule has 0 aliphatic heterocycles. The van der Waals surface area contributed by atoms with Crippen LogP contribution in [0.3, 0.4) is 0 Å². The molecule has 95 valence electrons. The van der Waals surface area contributed by atoms with E-state index in [1.165, 1.54) is 0 Å². The van der Waals surface area contributed by atoms with Crippen molar-refractivity contribution in [2.75, 3.05) is 13.2 Å². The van der Waals surface area contributed by atoms with Crippen LogP contribution in [0.4, 0.5) is 5.69 Å². The van der Waals surface area contributed by atoms with Crippen LogP contribution in [-0.4, -0.2) is 33.0 Å². The zero-order valence-corrected chi connectivity index (χ0v) is 10.2. The number of hydrogen-bond acceptors (Lipinski definition) is 4. The molecule has 0 fully saturated rings. The summed E-state index contributed by atoms with van der Waals surface area (Å²) < 4.78 is 33.3. The molecule has 1 rings (SSSR count). The van der Waals surface area contributed by atoms with Crippen molar-refractivity contribution in [3.05, 3.63) is 30.3 Å². The van der Waals surface area contributed by atoms with Crippen molar-refractivity contribution in [2.24, 2.45) is 0 Å². The molecule has 0 aliphatic carbocycles. The molecule has 0 amide bonds. The molecule has 1 unspecified atom stereocenters. The van der Waals surface area contributed by atoms with Crippen molar-refractivity contribution in [1.82, 2.24) is 9.44 Å². The fourth-order valence-corrected chi connectivity index (χ4v) is 1.90. The van der Waals surface area contributed by atoms with Gasteiger partial charge in [0, 0.05) is 6.61 Å². The topological polar surface area (TPSA) is 89.7 Å². The summed E-state index contributed by atoms with van der Waals surface area (Å²) >= 11 is 0. The molecule has 0 spiro atoms. The lowest BCUT2D eigenvalue weighted by atomic mass is 10.3. The van der Waals surface area contributed by atoms with Gasteiger partial charge in [-0.3, -0.25) is 0 Å². The highest BCUT2D eigenvalue weighted by atomic mass is 32.2. The van der Waals surface area contributed by atoms with Crippen LogP contribution in [0.2, 0.25) is 0 Å². The van der Waals surface area contributed by atoms with Gasteiger partial charge in [0.15, 0.2) is 6.29 Å². The largest absolute Gasteiger partial charge is 0.367 e. The lowest BCUT2D eigenvalue weighted by Gasteiger charge is -2.11. The zero-order valence-electron chi connectivity index (χ0n) is 9.41. The highest BCUT2D eigenvalue weighted by Crippen LogP contribution is 2.06. The first kappa shape index (κ1) is 13.9. The van der Waals surface area contributed by atoms with Crippen molar-refractivity contribution in [3.8, 4) is 0 Å². The summed E-state index contributed by atoms with van der Waals surface area (Å²) in [5, 5.41) is 9.19. The maximum absolute atomic E-state index is 11.5. The summed E-state index contributed by atoms with van der Waals surface area (Å²) in [5.41, 5.74) is 0.325. The minimum absolute atomic E-state index is 0.230. The van der Waals surface area contributed by atoms with Crippen LogP contribution in [-0.2, 0) is 14.9 Å². The SMILES string of the molecule is CCOC(O)CNS(=O)(=O)[N]c1ccccc1. The van der Waals surface area contributed by atoms with E-state index in [2.05, 4.69) is 9.44 Å². The second kappa shape index (κ2) is 6.55. The summed E-state index contributed by atoms with van der Waals surface area (Å²) in [6.07, 6.45) is -1.17. The Morgan fingerprint density at radius 2 is 2.06 bits per heavy atom. The predicted octanol–water partition coefficient (Wildman–Crippen LogP) is 0.112. The van der Waals surface area contributed by atoms with Gasteiger partial charge in [-0.25, -0.2) is 0 Å². The Kier molecular flexibility index (Phi) is 5.36. The van der Waals surface area contributed by atoms with Gasteiger partial charge in [0.1, 0.15) is 0 Å². The van der Waals surface area contributed by atoms with Crippen LogP contribution >= 0.6 is 0 Å². The first-order valence-corrected chi connectivity index (χ1v) is 6.55. The molecule has 7 heteroatoms. The third-order valence-corrected chi connectivity index (χ3v) is 2.76. The van der Waals surface area contributed by atoms with Crippen LogP contribution in [0, 0.1) is 0 Å². The van der Waals surface area contributed by atoms with Crippen molar-refractivity contribution in [1.29, 1.82) is 0 Å². The Bertz CT molecular complexity index is 421. The molecule has 0 aromatic heterocycles. The summed E-state index contributed by atoms with van der Waals surface area (Å²) in [5.74, 6) is 0. The average Bonchev–Trinajstić information content (AvgIpc) is 2.28. The quantitative estimate of drug-likeness (QED) is 0.680. The molecular formula is C10H15N2O4S. The predicted molar refractivity (Wildman–Crippen MR) is 62.8 cm³/mol. The number of benzene rings is 1. The van der Waals surface area contributed by atoms with Gasteiger partial charge in [-0.1, -0.05) is 18.2 Å². The molecule has 0 saturated heterocycles. The van der Waals surface area contributed by atoms with E-state index in [0.717, 1.165) is 0 Å². The second-order valence-electron chi connectivity index (χ2n) is 3.16. The molecule has 1 aromatic rings. The first-order valence-electron chi connectivity index (χ1n) is 5.11. The summed E-state index contributed by atoms with van der Waals surface area (Å²) in [6.45, 7) is 1.78. The van der Waals surface area contributed by atoms with Crippen LogP contribution in [0.25, 0.3) is 0 Å². The lowest BCUT2D eigenvalue weighted by Crippen LogP contribution is -2.36. The van der Waals surface area contributed by atoms with Gasteiger partial charge in [0.25, 0.3) is 0 Å². The molecule has 1 aromatic carbocycles. The molecule has 0 saturated carbocycles. The smallest absolute Gasteiger partial charge is 0.320 e. The van der Waals surface area contributed by atoms with Crippen LogP contribution < -0.4 is 9.44 Å². The number of rotatable bonds is 7. The van der Waals surface area contributed by atoms with E-state index in [9.17, 15) is 13.5 Å². The summed E-state index contributed by atoms with van der Waals surface area (Å²) in [6, 6.07) is 8.26. The van der Waals surface area contributed by atoms with Gasteiger partial charge in [-0.2, -0.15) is 17.9 Å². The third-order valence-electron chi connectivity index (χ3n) is 1.78. The number of aliphatic hydroxyl groups excluding tert-OH is 1. The van der Waals surface area contributed by atoms with Crippen LogP contribution in [0.15, 0.2) is 30.3 Å². The molecule has 0 bridgehead atoms. The van der Waals surface area contributed by atoms with E-state index in [4.69, 9.17) is 4.74 Å². The number of hydrogen-bond donors (Lipinski definition) is 2. The highest BCUT2D eigenvalue weighted by molar-refractivity contribution is 7.87. The minimum Gasteiger partial charge on any atom is -0.367 e. The average molecular weight is 259 g/mol. The van der Waals surface area contributed by atoms with E-state index in [1.807, 2.05) is 0 Å². The van der Waals surface area contributed by atoms with Gasteiger partial charge in [0.05, 0.1) is 12.2 Å². The second-order valence-corrected chi connectivity index (χ2v) is 4.58. The maximum Gasteiger partial charge on any atom is 0.320 e. The van der Waals surface area contributed by atoms with E-state index in [-0.39, 0.29) is 6.54 Å².